The average molecular weight is 488 g/mol. The van der Waals surface area contributed by atoms with Gasteiger partial charge in [-0.2, -0.15) is 5.26 Å². The Morgan fingerprint density at radius 3 is 2.44 bits per heavy atom. The fourth-order valence-corrected chi connectivity index (χ4v) is 5.78. The van der Waals surface area contributed by atoms with Crippen LogP contribution < -0.4 is 9.46 Å². The van der Waals surface area contributed by atoms with Gasteiger partial charge in [-0.3, -0.25) is 4.72 Å². The Bertz CT molecular complexity index is 1320. The Hall–Kier alpha value is -3.12. The quantitative estimate of drug-likeness (QED) is 0.404. The van der Waals surface area contributed by atoms with E-state index in [-0.39, 0.29) is 23.5 Å². The molecule has 6 nitrogen and oxygen atoms in total. The van der Waals surface area contributed by atoms with Crippen LogP contribution in [0.15, 0.2) is 42.5 Å². The van der Waals surface area contributed by atoms with E-state index in [4.69, 9.17) is 4.74 Å². The topological polar surface area (TPSA) is 84.1 Å². The van der Waals surface area contributed by atoms with Crippen LogP contribution in [-0.2, 0) is 10.0 Å². The molecule has 0 bridgehead atoms. The van der Waals surface area contributed by atoms with Crippen molar-refractivity contribution in [1.29, 1.82) is 5.26 Å². The number of halogens is 2. The van der Waals surface area contributed by atoms with Crippen LogP contribution in [-0.4, -0.2) is 31.8 Å². The molecule has 1 aliphatic carbocycles. The van der Waals surface area contributed by atoms with E-state index in [1.165, 1.54) is 0 Å². The number of rotatable bonds is 9. The minimum absolute atomic E-state index is 0.00251. The lowest BCUT2D eigenvalue weighted by molar-refractivity contribution is 0.0820. The Labute approximate surface area is 198 Å². The van der Waals surface area contributed by atoms with Gasteiger partial charge in [-0.25, -0.2) is 17.2 Å². The number of nitrogens with one attached hydrogen (secondary N) is 1. The van der Waals surface area contributed by atoms with E-state index in [1.807, 2.05) is 19.9 Å². The van der Waals surface area contributed by atoms with Gasteiger partial charge in [0.2, 0.25) is 10.0 Å². The van der Waals surface area contributed by atoms with Gasteiger partial charge in [0.15, 0.2) is 0 Å². The molecule has 1 aliphatic rings. The number of anilines is 1. The predicted molar refractivity (Wildman–Crippen MR) is 129 cm³/mol. The predicted octanol–water partition coefficient (Wildman–Crippen LogP) is 5.95. The average Bonchev–Trinajstić information content (AvgIpc) is 3.03. The van der Waals surface area contributed by atoms with Gasteiger partial charge in [-0.15, -0.1) is 0 Å². The summed E-state index contributed by atoms with van der Waals surface area (Å²) in [7, 11) is -3.45. The first kappa shape index (κ1) is 24.0. The summed E-state index contributed by atoms with van der Waals surface area (Å²) in [6, 6.07) is 14.6. The number of sulfonamides is 1. The van der Waals surface area contributed by atoms with Crippen LogP contribution in [0.4, 0.5) is 14.5 Å². The van der Waals surface area contributed by atoms with Crippen molar-refractivity contribution in [2.45, 2.75) is 45.6 Å². The van der Waals surface area contributed by atoms with Crippen LogP contribution in [0, 0.1) is 17.2 Å². The maximum atomic E-state index is 12.6. The van der Waals surface area contributed by atoms with Crippen LogP contribution in [0.3, 0.4) is 0 Å². The van der Waals surface area contributed by atoms with E-state index < -0.39 is 23.1 Å². The number of fused-ring (bicyclic) bond motifs is 1. The van der Waals surface area contributed by atoms with E-state index >= 15 is 0 Å². The third kappa shape index (κ3) is 5.02. The fraction of sp³-hybridized carbons (Fsp3) is 0.400. The molecule has 0 atom stereocenters. The number of hydrogen-bond donors (Lipinski definition) is 1. The lowest BCUT2D eigenvalue weighted by atomic mass is 9.92. The molecule has 9 heteroatoms. The highest BCUT2D eigenvalue weighted by molar-refractivity contribution is 7.92. The third-order valence-electron chi connectivity index (χ3n) is 5.89. The van der Waals surface area contributed by atoms with E-state index in [9.17, 15) is 22.5 Å². The Kier molecular flexibility index (Phi) is 6.80. The van der Waals surface area contributed by atoms with Crippen molar-refractivity contribution >= 4 is 26.6 Å². The van der Waals surface area contributed by atoms with E-state index in [0.29, 0.717) is 16.6 Å². The van der Waals surface area contributed by atoms with Gasteiger partial charge in [0.25, 0.3) is 6.43 Å². The van der Waals surface area contributed by atoms with Crippen LogP contribution in [0.1, 0.15) is 44.7 Å². The minimum atomic E-state index is -3.45. The highest BCUT2D eigenvalue weighted by Crippen LogP contribution is 2.43. The summed E-state index contributed by atoms with van der Waals surface area (Å²) in [5, 5.41) is 10.7. The molecule has 0 spiro atoms. The Balaban J connectivity index is 1.76. The minimum Gasteiger partial charge on any atom is -0.488 e. The van der Waals surface area contributed by atoms with Crippen molar-refractivity contribution in [1.82, 2.24) is 4.57 Å². The molecular formula is C25H27F2N3O3S. The Morgan fingerprint density at radius 1 is 1.18 bits per heavy atom. The summed E-state index contributed by atoms with van der Waals surface area (Å²) >= 11 is 0. The summed E-state index contributed by atoms with van der Waals surface area (Å²) in [6.45, 7) is 2.97. The van der Waals surface area contributed by atoms with Gasteiger partial charge in [-0.1, -0.05) is 26.0 Å². The van der Waals surface area contributed by atoms with Crippen LogP contribution in [0.2, 0.25) is 0 Å². The smallest absolute Gasteiger partial charge is 0.272 e. The van der Waals surface area contributed by atoms with Crippen molar-refractivity contribution in [3.63, 3.8) is 0 Å². The second-order valence-electron chi connectivity index (χ2n) is 9.03. The second kappa shape index (κ2) is 9.63. The highest BCUT2D eigenvalue weighted by Gasteiger charge is 2.28. The van der Waals surface area contributed by atoms with Gasteiger partial charge in [-0.05, 0) is 61.1 Å². The highest BCUT2D eigenvalue weighted by atomic mass is 32.2. The summed E-state index contributed by atoms with van der Waals surface area (Å²) in [5.41, 5.74) is 3.27. The van der Waals surface area contributed by atoms with Gasteiger partial charge < -0.3 is 9.30 Å². The van der Waals surface area contributed by atoms with E-state index in [2.05, 4.69) is 15.4 Å². The molecule has 1 heterocycles. The molecule has 1 aromatic heterocycles. The molecule has 0 unspecified atom stereocenters. The van der Waals surface area contributed by atoms with Gasteiger partial charge in [0, 0.05) is 17.1 Å². The number of aromatic nitrogens is 1. The lowest BCUT2D eigenvalue weighted by Crippen LogP contribution is -2.20. The maximum Gasteiger partial charge on any atom is 0.272 e. The first-order chi connectivity index (χ1) is 16.2. The van der Waals surface area contributed by atoms with Crippen molar-refractivity contribution in [3.8, 4) is 23.1 Å². The van der Waals surface area contributed by atoms with Crippen molar-refractivity contribution < 1.29 is 21.9 Å². The van der Waals surface area contributed by atoms with Gasteiger partial charge in [0.05, 0.1) is 22.5 Å². The molecule has 0 aliphatic heterocycles. The normalized spacial score (nSPS) is 14.4. The largest absolute Gasteiger partial charge is 0.488 e. The summed E-state index contributed by atoms with van der Waals surface area (Å²) in [4.78, 5) is 0. The summed E-state index contributed by atoms with van der Waals surface area (Å²) in [6.07, 6.45) is 0.479. The van der Waals surface area contributed by atoms with E-state index in [1.54, 1.807) is 36.4 Å². The zero-order valence-electron chi connectivity index (χ0n) is 19.1. The number of alkyl halides is 2. The molecule has 0 amide bonds. The number of nitrogens with zero attached hydrogens (tertiary/aromatic N) is 2. The second-order valence-corrected chi connectivity index (χ2v) is 10.8. The van der Waals surface area contributed by atoms with E-state index in [0.717, 1.165) is 36.0 Å². The number of hydrogen-bond acceptors (Lipinski definition) is 4. The van der Waals surface area contributed by atoms with Crippen molar-refractivity contribution in [2.75, 3.05) is 17.1 Å². The molecule has 1 fully saturated rings. The van der Waals surface area contributed by atoms with Gasteiger partial charge >= 0.3 is 0 Å². The summed E-state index contributed by atoms with van der Waals surface area (Å²) < 4.78 is 59.7. The first-order valence-electron chi connectivity index (χ1n) is 11.3. The number of ether oxygens (including phenoxy) is 1. The molecule has 4 rings (SSSR count). The first-order valence-corrected chi connectivity index (χ1v) is 12.9. The van der Waals surface area contributed by atoms with Crippen LogP contribution in [0.5, 0.6) is 5.75 Å². The number of benzene rings is 2. The molecule has 1 N–H and O–H groups in total. The molecular weight excluding hydrogens is 460 g/mol. The SMILES string of the molecule is CC(C)CS(=O)(=O)Nc1ccc(-c2c(C#N)c3cc(OCC(F)F)ccc3n2C2CCC2)cc1. The molecule has 0 saturated heterocycles. The number of nitriles is 1. The standard InChI is InChI=1S/C25H27F2N3O3S/c1-16(2)15-34(31,32)29-18-8-6-17(7-9-18)25-22(13-28)21-12-20(33-14-24(26)27)10-11-23(21)30(25)19-4-3-5-19/h6-12,16,19,24,29H,3-5,14-15H2,1-2H3. The molecule has 34 heavy (non-hydrogen) atoms. The van der Waals surface area contributed by atoms with Crippen molar-refractivity contribution in [2.24, 2.45) is 5.92 Å². The van der Waals surface area contributed by atoms with Crippen LogP contribution >= 0.6 is 0 Å². The molecule has 2 aromatic carbocycles. The van der Waals surface area contributed by atoms with Crippen molar-refractivity contribution in [3.05, 3.63) is 48.0 Å². The molecule has 0 radical (unpaired) electrons. The fourth-order valence-electron chi connectivity index (χ4n) is 4.32. The Morgan fingerprint density at radius 2 is 1.88 bits per heavy atom. The maximum absolute atomic E-state index is 12.6. The van der Waals surface area contributed by atoms with Crippen LogP contribution in [0.25, 0.3) is 22.2 Å². The zero-order chi connectivity index (χ0) is 24.5. The monoisotopic (exact) mass is 487 g/mol. The zero-order valence-corrected chi connectivity index (χ0v) is 19.9. The molecule has 180 valence electrons. The van der Waals surface area contributed by atoms with Gasteiger partial charge in [0.1, 0.15) is 18.4 Å². The third-order valence-corrected chi connectivity index (χ3v) is 7.54. The molecule has 1 saturated carbocycles. The lowest BCUT2D eigenvalue weighted by Gasteiger charge is -2.30. The summed E-state index contributed by atoms with van der Waals surface area (Å²) in [5.74, 6) is 0.318. The molecule has 3 aromatic rings.